The van der Waals surface area contributed by atoms with Crippen molar-refractivity contribution in [3.8, 4) is 0 Å². The molecule has 1 unspecified atom stereocenters. The van der Waals surface area contributed by atoms with Crippen LogP contribution in [-0.4, -0.2) is 20.1 Å². The summed E-state index contributed by atoms with van der Waals surface area (Å²) in [7, 11) is 1.91. The van der Waals surface area contributed by atoms with Crippen LogP contribution in [0.2, 0.25) is 5.02 Å². The summed E-state index contributed by atoms with van der Waals surface area (Å²) in [6.45, 7) is 0. The fraction of sp³-hybridized carbons (Fsp3) is 0.333. The van der Waals surface area contributed by atoms with E-state index in [4.69, 9.17) is 11.6 Å². The molecule has 0 radical (unpaired) electrons. The first-order chi connectivity index (χ1) is 8.20. The van der Waals surface area contributed by atoms with Gasteiger partial charge in [-0.1, -0.05) is 39.7 Å². The number of halogens is 2. The zero-order valence-electron chi connectivity index (χ0n) is 9.48. The molecular formula is C12H13BrClN3. The molecule has 1 aromatic heterocycles. The largest absolute Gasteiger partial charge is 0.253 e. The van der Waals surface area contributed by atoms with E-state index in [-0.39, 0.29) is 0 Å². The van der Waals surface area contributed by atoms with Gasteiger partial charge in [-0.3, -0.25) is 4.68 Å². The van der Waals surface area contributed by atoms with Gasteiger partial charge < -0.3 is 0 Å². The lowest BCUT2D eigenvalue weighted by atomic mass is 9.97. The molecule has 1 aromatic carbocycles. The molecule has 17 heavy (non-hydrogen) atoms. The van der Waals surface area contributed by atoms with Crippen molar-refractivity contribution in [3.63, 3.8) is 0 Å². The Hall–Kier alpha value is -0.870. The Bertz CT molecular complexity index is 481. The van der Waals surface area contributed by atoms with Crippen LogP contribution in [0.5, 0.6) is 0 Å². The summed E-state index contributed by atoms with van der Waals surface area (Å²) in [5.74, 6) is 1.37. The zero-order valence-corrected chi connectivity index (χ0v) is 11.8. The van der Waals surface area contributed by atoms with E-state index in [0.717, 1.165) is 22.6 Å². The topological polar surface area (TPSA) is 30.7 Å². The fourth-order valence-corrected chi connectivity index (χ4v) is 2.45. The lowest BCUT2D eigenvalue weighted by Gasteiger charge is -2.13. The first-order valence-electron chi connectivity index (χ1n) is 5.35. The minimum Gasteiger partial charge on any atom is -0.253 e. The van der Waals surface area contributed by atoms with Crippen LogP contribution in [0, 0.1) is 0 Å². The molecule has 0 N–H and O–H groups in total. The Kier molecular flexibility index (Phi) is 4.18. The summed E-state index contributed by atoms with van der Waals surface area (Å²) < 4.78 is 1.81. The van der Waals surface area contributed by atoms with Gasteiger partial charge in [0.2, 0.25) is 0 Å². The van der Waals surface area contributed by atoms with Crippen molar-refractivity contribution in [3.05, 3.63) is 47.0 Å². The van der Waals surface area contributed by atoms with E-state index in [1.807, 2.05) is 23.9 Å². The van der Waals surface area contributed by atoms with E-state index in [1.54, 1.807) is 6.33 Å². The van der Waals surface area contributed by atoms with E-state index in [0.29, 0.717) is 5.92 Å². The number of benzene rings is 1. The van der Waals surface area contributed by atoms with Crippen LogP contribution in [0.4, 0.5) is 0 Å². The summed E-state index contributed by atoms with van der Waals surface area (Å²) >= 11 is 9.44. The molecule has 1 heterocycles. The Morgan fingerprint density at radius 1 is 1.35 bits per heavy atom. The van der Waals surface area contributed by atoms with Crippen molar-refractivity contribution < 1.29 is 0 Å². The molecule has 5 heteroatoms. The highest BCUT2D eigenvalue weighted by Gasteiger charge is 2.13. The molecule has 0 aliphatic rings. The van der Waals surface area contributed by atoms with E-state index < -0.39 is 0 Å². The molecule has 0 aliphatic carbocycles. The molecule has 0 fully saturated rings. The molecule has 1 atom stereocenters. The minimum atomic E-state index is 0.384. The number of aromatic nitrogens is 3. The van der Waals surface area contributed by atoms with Crippen molar-refractivity contribution in [2.75, 3.05) is 5.33 Å². The third-order valence-electron chi connectivity index (χ3n) is 2.76. The summed E-state index contributed by atoms with van der Waals surface area (Å²) in [6, 6.07) is 7.96. The van der Waals surface area contributed by atoms with E-state index in [9.17, 15) is 0 Å². The average Bonchev–Trinajstić information content (AvgIpc) is 2.73. The van der Waals surface area contributed by atoms with Gasteiger partial charge in [0.15, 0.2) is 0 Å². The molecule has 2 rings (SSSR count). The molecule has 90 valence electrons. The third kappa shape index (κ3) is 3.07. The van der Waals surface area contributed by atoms with Crippen molar-refractivity contribution in [2.45, 2.75) is 12.3 Å². The standard InChI is InChI=1S/C12H13BrClN3/c1-17-12(15-8-16-17)6-10(7-13)9-2-4-11(14)5-3-9/h2-5,8,10H,6-7H2,1H3. The van der Waals surface area contributed by atoms with Gasteiger partial charge in [0.1, 0.15) is 12.2 Å². The lowest BCUT2D eigenvalue weighted by Crippen LogP contribution is -2.09. The summed E-state index contributed by atoms with van der Waals surface area (Å²) in [5.41, 5.74) is 1.26. The van der Waals surface area contributed by atoms with Gasteiger partial charge in [-0.2, -0.15) is 5.10 Å². The van der Waals surface area contributed by atoms with Crippen molar-refractivity contribution >= 4 is 27.5 Å². The van der Waals surface area contributed by atoms with Crippen LogP contribution in [-0.2, 0) is 13.5 Å². The molecule has 2 aromatic rings. The third-order valence-corrected chi connectivity index (χ3v) is 3.80. The number of hydrogen-bond donors (Lipinski definition) is 0. The van der Waals surface area contributed by atoms with Gasteiger partial charge in [0.25, 0.3) is 0 Å². The number of aryl methyl sites for hydroxylation is 1. The van der Waals surface area contributed by atoms with Gasteiger partial charge in [-0.05, 0) is 17.7 Å². The highest BCUT2D eigenvalue weighted by Crippen LogP contribution is 2.23. The normalized spacial score (nSPS) is 12.6. The maximum absolute atomic E-state index is 5.89. The Labute approximate surface area is 114 Å². The molecule has 0 bridgehead atoms. The van der Waals surface area contributed by atoms with Crippen molar-refractivity contribution in [1.82, 2.24) is 14.8 Å². The van der Waals surface area contributed by atoms with Crippen LogP contribution < -0.4 is 0 Å². The zero-order chi connectivity index (χ0) is 12.3. The maximum atomic E-state index is 5.89. The Morgan fingerprint density at radius 2 is 2.06 bits per heavy atom. The molecule has 3 nitrogen and oxygen atoms in total. The Morgan fingerprint density at radius 3 is 2.59 bits per heavy atom. The fourth-order valence-electron chi connectivity index (χ4n) is 1.72. The first-order valence-corrected chi connectivity index (χ1v) is 6.85. The number of rotatable bonds is 4. The highest BCUT2D eigenvalue weighted by atomic mass is 79.9. The smallest absolute Gasteiger partial charge is 0.138 e. The maximum Gasteiger partial charge on any atom is 0.138 e. The number of nitrogens with zero attached hydrogens (tertiary/aromatic N) is 3. The summed E-state index contributed by atoms with van der Waals surface area (Å²) in [6.07, 6.45) is 2.45. The molecule has 0 amide bonds. The Balaban J connectivity index is 2.17. The predicted molar refractivity (Wildman–Crippen MR) is 72.7 cm³/mol. The van der Waals surface area contributed by atoms with E-state index in [2.05, 4.69) is 38.1 Å². The second kappa shape index (κ2) is 5.65. The van der Waals surface area contributed by atoms with Gasteiger partial charge in [-0.15, -0.1) is 0 Å². The first kappa shape index (κ1) is 12.6. The molecule has 0 spiro atoms. The predicted octanol–water partition coefficient (Wildman–Crippen LogP) is 3.19. The molecule has 0 saturated heterocycles. The second-order valence-electron chi connectivity index (χ2n) is 3.91. The van der Waals surface area contributed by atoms with E-state index >= 15 is 0 Å². The van der Waals surface area contributed by atoms with Crippen molar-refractivity contribution in [2.24, 2.45) is 7.05 Å². The molecular weight excluding hydrogens is 302 g/mol. The summed E-state index contributed by atoms with van der Waals surface area (Å²) in [4.78, 5) is 4.25. The van der Waals surface area contributed by atoms with Crippen molar-refractivity contribution in [1.29, 1.82) is 0 Å². The number of alkyl halides is 1. The van der Waals surface area contributed by atoms with Gasteiger partial charge in [0, 0.05) is 29.7 Å². The minimum absolute atomic E-state index is 0.384. The van der Waals surface area contributed by atoms with Crippen LogP contribution >= 0.6 is 27.5 Å². The van der Waals surface area contributed by atoms with Crippen LogP contribution in [0.1, 0.15) is 17.3 Å². The summed E-state index contributed by atoms with van der Waals surface area (Å²) in [5, 5.41) is 5.74. The lowest BCUT2D eigenvalue weighted by molar-refractivity contribution is 0.651. The van der Waals surface area contributed by atoms with Crippen LogP contribution in [0.25, 0.3) is 0 Å². The molecule has 0 aliphatic heterocycles. The van der Waals surface area contributed by atoms with Gasteiger partial charge >= 0.3 is 0 Å². The quantitative estimate of drug-likeness (QED) is 0.812. The monoisotopic (exact) mass is 313 g/mol. The van der Waals surface area contributed by atoms with Gasteiger partial charge in [-0.25, -0.2) is 4.98 Å². The molecule has 0 saturated carbocycles. The second-order valence-corrected chi connectivity index (χ2v) is 4.99. The van der Waals surface area contributed by atoms with Crippen LogP contribution in [0.3, 0.4) is 0 Å². The number of hydrogen-bond acceptors (Lipinski definition) is 2. The SMILES string of the molecule is Cn1ncnc1CC(CBr)c1ccc(Cl)cc1. The average molecular weight is 315 g/mol. The van der Waals surface area contributed by atoms with Crippen LogP contribution in [0.15, 0.2) is 30.6 Å². The van der Waals surface area contributed by atoms with Gasteiger partial charge in [0.05, 0.1) is 0 Å². The highest BCUT2D eigenvalue weighted by molar-refractivity contribution is 9.09. The van der Waals surface area contributed by atoms with E-state index in [1.165, 1.54) is 5.56 Å².